The van der Waals surface area contributed by atoms with Gasteiger partial charge in [-0.25, -0.2) is 0 Å². The van der Waals surface area contributed by atoms with E-state index < -0.39 is 0 Å². The highest BCUT2D eigenvalue weighted by molar-refractivity contribution is 5.53. The molecule has 1 aromatic rings. The maximum Gasteiger partial charge on any atom is 0.0349 e. The van der Waals surface area contributed by atoms with Crippen LogP contribution in [0.4, 0.5) is 5.69 Å². The number of aryl methyl sites for hydroxylation is 1. The van der Waals surface area contributed by atoms with Gasteiger partial charge in [-0.3, -0.25) is 0 Å². The van der Waals surface area contributed by atoms with Crippen molar-refractivity contribution in [1.29, 1.82) is 0 Å². The number of nitrogen functional groups attached to an aromatic ring is 1. The summed E-state index contributed by atoms with van der Waals surface area (Å²) >= 11 is 0. The van der Waals surface area contributed by atoms with Crippen molar-refractivity contribution >= 4 is 5.69 Å². The third-order valence-electron chi connectivity index (χ3n) is 2.77. The molecule has 1 rings (SSSR count). The Bertz CT molecular complexity index is 302. The van der Waals surface area contributed by atoms with E-state index >= 15 is 0 Å². The van der Waals surface area contributed by atoms with Gasteiger partial charge in [0.05, 0.1) is 0 Å². The first kappa shape index (κ1) is 11.1. The molecule has 0 aliphatic heterocycles. The minimum atomic E-state index is 0.962. The number of benzene rings is 1. The average Bonchev–Trinajstić information content (AvgIpc) is 2.17. The van der Waals surface area contributed by atoms with E-state index in [1.807, 2.05) is 0 Å². The van der Waals surface area contributed by atoms with Gasteiger partial charge in [-0.1, -0.05) is 32.8 Å². The predicted molar refractivity (Wildman–Crippen MR) is 63.6 cm³/mol. The number of nitrogens with two attached hydrogens (primary N) is 1. The Morgan fingerprint density at radius 3 is 2.29 bits per heavy atom. The zero-order valence-electron chi connectivity index (χ0n) is 9.56. The van der Waals surface area contributed by atoms with Crippen LogP contribution in [-0.2, 0) is 12.8 Å². The van der Waals surface area contributed by atoms with Crippen LogP contribution in [0.3, 0.4) is 0 Å². The molecule has 1 nitrogen and oxygen atoms in total. The van der Waals surface area contributed by atoms with Crippen molar-refractivity contribution in [2.45, 2.75) is 46.5 Å². The Kier molecular flexibility index (Phi) is 3.99. The van der Waals surface area contributed by atoms with E-state index in [9.17, 15) is 0 Å². The molecule has 0 aromatic heterocycles. The van der Waals surface area contributed by atoms with Crippen LogP contribution in [0, 0.1) is 6.92 Å². The minimum Gasteiger partial charge on any atom is -0.398 e. The summed E-state index contributed by atoms with van der Waals surface area (Å²) < 4.78 is 0. The van der Waals surface area contributed by atoms with Crippen LogP contribution in [0.25, 0.3) is 0 Å². The van der Waals surface area contributed by atoms with Gasteiger partial charge in [-0.15, -0.1) is 0 Å². The first-order valence-electron chi connectivity index (χ1n) is 5.57. The first-order valence-corrected chi connectivity index (χ1v) is 5.57. The zero-order valence-corrected chi connectivity index (χ0v) is 9.56. The first-order chi connectivity index (χ1) is 6.70. The fraction of sp³-hybridized carbons (Fsp3) is 0.538. The van der Waals surface area contributed by atoms with E-state index in [0.29, 0.717) is 0 Å². The van der Waals surface area contributed by atoms with Gasteiger partial charge in [-0.2, -0.15) is 0 Å². The van der Waals surface area contributed by atoms with Crippen LogP contribution >= 0.6 is 0 Å². The lowest BCUT2D eigenvalue weighted by Crippen LogP contribution is -2.01. The molecule has 0 saturated heterocycles. The lowest BCUT2D eigenvalue weighted by molar-refractivity contribution is 0.882. The van der Waals surface area contributed by atoms with Gasteiger partial charge in [-0.05, 0) is 42.5 Å². The number of hydrogen-bond acceptors (Lipinski definition) is 1. The maximum atomic E-state index is 5.97. The second-order valence-corrected chi connectivity index (χ2v) is 3.92. The van der Waals surface area contributed by atoms with E-state index in [1.54, 1.807) is 0 Å². The molecule has 1 aromatic carbocycles. The molecule has 14 heavy (non-hydrogen) atoms. The zero-order chi connectivity index (χ0) is 10.6. The second kappa shape index (κ2) is 5.04. The number of anilines is 1. The van der Waals surface area contributed by atoms with E-state index in [0.717, 1.165) is 12.1 Å². The second-order valence-electron chi connectivity index (χ2n) is 3.92. The Morgan fingerprint density at radius 2 is 1.71 bits per heavy atom. The highest BCUT2D eigenvalue weighted by atomic mass is 14.6. The molecule has 0 saturated carbocycles. The summed E-state index contributed by atoms with van der Waals surface area (Å²) in [5, 5.41) is 0. The van der Waals surface area contributed by atoms with E-state index in [-0.39, 0.29) is 0 Å². The summed E-state index contributed by atoms with van der Waals surface area (Å²) in [7, 11) is 0. The highest BCUT2D eigenvalue weighted by Crippen LogP contribution is 2.23. The topological polar surface area (TPSA) is 26.0 Å². The Labute approximate surface area is 87.3 Å². The summed E-state index contributed by atoms with van der Waals surface area (Å²) in [5.74, 6) is 0. The van der Waals surface area contributed by atoms with Gasteiger partial charge in [0, 0.05) is 5.69 Å². The normalized spacial score (nSPS) is 10.5. The molecule has 0 radical (unpaired) electrons. The Hall–Kier alpha value is -0.980. The summed E-state index contributed by atoms with van der Waals surface area (Å²) in [6, 6.07) is 4.23. The van der Waals surface area contributed by atoms with E-state index in [4.69, 9.17) is 5.73 Å². The molecule has 0 fully saturated rings. The van der Waals surface area contributed by atoms with Crippen LogP contribution in [0.15, 0.2) is 12.1 Å². The van der Waals surface area contributed by atoms with Crippen molar-refractivity contribution in [3.8, 4) is 0 Å². The molecule has 1 heteroatoms. The van der Waals surface area contributed by atoms with Crippen molar-refractivity contribution in [2.75, 3.05) is 5.73 Å². The minimum absolute atomic E-state index is 0.962. The third-order valence-corrected chi connectivity index (χ3v) is 2.77. The highest BCUT2D eigenvalue weighted by Gasteiger charge is 2.06. The monoisotopic (exact) mass is 191 g/mol. The molecule has 0 heterocycles. The fourth-order valence-electron chi connectivity index (χ4n) is 1.95. The average molecular weight is 191 g/mol. The van der Waals surface area contributed by atoms with Crippen molar-refractivity contribution in [2.24, 2.45) is 0 Å². The van der Waals surface area contributed by atoms with E-state index in [2.05, 4.69) is 32.9 Å². The van der Waals surface area contributed by atoms with Gasteiger partial charge < -0.3 is 5.73 Å². The van der Waals surface area contributed by atoms with Gasteiger partial charge >= 0.3 is 0 Å². The third kappa shape index (κ3) is 2.28. The molecule has 0 amide bonds. The van der Waals surface area contributed by atoms with Crippen molar-refractivity contribution in [3.05, 3.63) is 28.8 Å². The Balaban J connectivity index is 3.05. The van der Waals surface area contributed by atoms with Crippen LogP contribution in [0.1, 0.15) is 43.4 Å². The van der Waals surface area contributed by atoms with Crippen LogP contribution < -0.4 is 5.73 Å². The van der Waals surface area contributed by atoms with E-state index in [1.165, 1.54) is 36.0 Å². The van der Waals surface area contributed by atoms with Crippen LogP contribution in [0.5, 0.6) is 0 Å². The molecule has 0 bridgehead atoms. The molecule has 0 unspecified atom stereocenters. The molecule has 0 aliphatic rings. The largest absolute Gasteiger partial charge is 0.398 e. The lowest BCUT2D eigenvalue weighted by Gasteiger charge is -2.12. The van der Waals surface area contributed by atoms with Crippen molar-refractivity contribution in [1.82, 2.24) is 0 Å². The summed E-state index contributed by atoms with van der Waals surface area (Å²) in [5.41, 5.74) is 11.2. The summed E-state index contributed by atoms with van der Waals surface area (Å²) in [6.07, 6.45) is 4.65. The smallest absolute Gasteiger partial charge is 0.0349 e. The number of rotatable bonds is 4. The van der Waals surface area contributed by atoms with Crippen LogP contribution in [0.2, 0.25) is 0 Å². The van der Waals surface area contributed by atoms with Crippen LogP contribution in [-0.4, -0.2) is 0 Å². The molecule has 0 aliphatic carbocycles. The van der Waals surface area contributed by atoms with Gasteiger partial charge in [0.1, 0.15) is 0 Å². The molecular formula is C13H21N. The SMILES string of the molecule is CCCc1ccc(N)c(CCC)c1C. The molecule has 0 spiro atoms. The fourth-order valence-corrected chi connectivity index (χ4v) is 1.95. The predicted octanol–water partition coefficient (Wildman–Crippen LogP) is 3.48. The van der Waals surface area contributed by atoms with Gasteiger partial charge in [0.2, 0.25) is 0 Å². The quantitative estimate of drug-likeness (QED) is 0.724. The summed E-state index contributed by atoms with van der Waals surface area (Å²) in [6.45, 7) is 6.62. The summed E-state index contributed by atoms with van der Waals surface area (Å²) in [4.78, 5) is 0. The standard InChI is InChI=1S/C13H21N/c1-4-6-11-8-9-13(14)12(7-5-2)10(11)3/h8-9H,4-7,14H2,1-3H3. The van der Waals surface area contributed by atoms with Gasteiger partial charge in [0.25, 0.3) is 0 Å². The Morgan fingerprint density at radius 1 is 1.07 bits per heavy atom. The van der Waals surface area contributed by atoms with Crippen molar-refractivity contribution in [3.63, 3.8) is 0 Å². The van der Waals surface area contributed by atoms with Gasteiger partial charge in [0.15, 0.2) is 0 Å². The molecule has 2 N–H and O–H groups in total. The van der Waals surface area contributed by atoms with Crippen molar-refractivity contribution < 1.29 is 0 Å². The lowest BCUT2D eigenvalue weighted by atomic mass is 9.95. The molecule has 78 valence electrons. The maximum absolute atomic E-state index is 5.97. The number of hydrogen-bond donors (Lipinski definition) is 1. The molecule has 0 atom stereocenters. The molecular weight excluding hydrogens is 170 g/mol.